The van der Waals surface area contributed by atoms with Crippen molar-refractivity contribution in [2.45, 2.75) is 38.5 Å². The molecule has 0 N–H and O–H groups in total. The summed E-state index contributed by atoms with van der Waals surface area (Å²) in [5.41, 5.74) is 14.8. The van der Waals surface area contributed by atoms with Gasteiger partial charge in [0, 0.05) is 27.3 Å². The van der Waals surface area contributed by atoms with Gasteiger partial charge in [0.1, 0.15) is 0 Å². The highest BCUT2D eigenvalue weighted by Gasteiger charge is 2.47. The maximum absolute atomic E-state index is 2.61. The summed E-state index contributed by atoms with van der Waals surface area (Å²) in [6.45, 7) is 9.77. The number of hydrogen-bond acceptors (Lipinski definition) is 0. The Kier molecular flexibility index (Phi) is 5.05. The Morgan fingerprint density at radius 2 is 0.878 bits per heavy atom. The van der Waals surface area contributed by atoms with Gasteiger partial charge in [-0.05, 0) is 95.0 Å². The van der Waals surface area contributed by atoms with Crippen LogP contribution in [-0.4, -0.2) is 4.57 Å². The van der Waals surface area contributed by atoms with Crippen molar-refractivity contribution in [2.75, 3.05) is 0 Å². The minimum absolute atomic E-state index is 0.135. The van der Waals surface area contributed by atoms with Gasteiger partial charge < -0.3 is 4.57 Å². The Balaban J connectivity index is 1.38. The van der Waals surface area contributed by atoms with E-state index in [0.29, 0.717) is 0 Å². The lowest BCUT2D eigenvalue weighted by atomic mass is 9.76. The van der Waals surface area contributed by atoms with E-state index in [1.807, 2.05) is 0 Å². The Hall–Kier alpha value is -5.66. The van der Waals surface area contributed by atoms with Gasteiger partial charge in [-0.1, -0.05) is 149 Å². The third-order valence-electron chi connectivity index (χ3n) is 12.1. The molecule has 0 aliphatic heterocycles. The molecule has 0 saturated heterocycles. The number of rotatable bonds is 1. The van der Waals surface area contributed by atoms with Crippen LogP contribution in [0.5, 0.6) is 0 Å². The molecule has 0 saturated carbocycles. The van der Waals surface area contributed by atoms with Gasteiger partial charge in [0.25, 0.3) is 0 Å². The minimum Gasteiger partial charge on any atom is -0.309 e. The maximum Gasteiger partial charge on any atom is 0.0594 e. The van der Waals surface area contributed by atoms with Crippen molar-refractivity contribution in [2.24, 2.45) is 0 Å². The van der Waals surface area contributed by atoms with E-state index in [-0.39, 0.29) is 10.8 Å². The van der Waals surface area contributed by atoms with Gasteiger partial charge >= 0.3 is 0 Å². The van der Waals surface area contributed by atoms with Gasteiger partial charge in [-0.3, -0.25) is 0 Å². The molecular weight excluding hydrogens is 591 g/mol. The first kappa shape index (κ1) is 27.3. The van der Waals surface area contributed by atoms with Crippen LogP contribution in [0.25, 0.3) is 82.1 Å². The normalized spacial score (nSPS) is 15.3. The Morgan fingerprint density at radius 1 is 0.408 bits per heavy atom. The van der Waals surface area contributed by atoms with E-state index < -0.39 is 0 Å². The molecule has 11 rings (SSSR count). The quantitative estimate of drug-likeness (QED) is 0.160. The number of fused-ring (bicyclic) bond motifs is 18. The van der Waals surface area contributed by atoms with Gasteiger partial charge in [0.2, 0.25) is 0 Å². The van der Waals surface area contributed by atoms with Crippen molar-refractivity contribution in [3.05, 3.63) is 162 Å². The number of para-hydroxylation sites is 1. The molecule has 1 heterocycles. The molecule has 0 fully saturated rings. The van der Waals surface area contributed by atoms with E-state index >= 15 is 0 Å². The average Bonchev–Trinajstić information content (AvgIpc) is 3.69. The Bertz CT molecular complexity index is 2900. The van der Waals surface area contributed by atoms with Crippen LogP contribution in [0.15, 0.2) is 140 Å². The van der Waals surface area contributed by atoms with Gasteiger partial charge in [-0.25, -0.2) is 0 Å². The monoisotopic (exact) mass is 625 g/mol. The van der Waals surface area contributed by atoms with E-state index in [9.17, 15) is 0 Å². The highest BCUT2D eigenvalue weighted by molar-refractivity contribution is 6.26. The van der Waals surface area contributed by atoms with Gasteiger partial charge in [0.15, 0.2) is 0 Å². The number of aromatic nitrogens is 1. The molecule has 8 aromatic carbocycles. The zero-order valence-electron chi connectivity index (χ0n) is 28.2. The summed E-state index contributed by atoms with van der Waals surface area (Å²) in [6.07, 6.45) is 0. The summed E-state index contributed by atoms with van der Waals surface area (Å²) in [5.74, 6) is 0. The van der Waals surface area contributed by atoms with Crippen LogP contribution >= 0.6 is 0 Å². The fraction of sp³-hybridized carbons (Fsp3) is 0.125. The largest absolute Gasteiger partial charge is 0.309 e. The van der Waals surface area contributed by atoms with Crippen LogP contribution in [0.3, 0.4) is 0 Å². The lowest BCUT2D eigenvalue weighted by molar-refractivity contribution is 0.650. The standard InChI is InChI=1S/C48H35N/c1-47(2)38-22-12-9-19-34(38)41-42-36-21-11-14-24-40(36)49(46(42)45-43(44(41)47)35-20-10-13-23-39(35)48(45,3)4)28-25-26-33-31-17-6-5-15-29(31)30-16-7-8-18-32(30)37(33)27-28/h5-27H,1-4H3. The number of nitrogens with zero attached hydrogens (tertiary/aromatic N) is 1. The molecule has 0 atom stereocenters. The second kappa shape index (κ2) is 9.07. The zero-order valence-corrected chi connectivity index (χ0v) is 28.2. The van der Waals surface area contributed by atoms with Gasteiger partial charge in [-0.15, -0.1) is 0 Å². The smallest absolute Gasteiger partial charge is 0.0594 e. The average molecular weight is 626 g/mol. The molecule has 0 unspecified atom stereocenters. The molecule has 0 amide bonds. The van der Waals surface area contributed by atoms with Crippen LogP contribution in [0.1, 0.15) is 49.9 Å². The molecule has 0 bridgehead atoms. The predicted octanol–water partition coefficient (Wildman–Crippen LogP) is 12.9. The van der Waals surface area contributed by atoms with Crippen LogP contribution in [0.4, 0.5) is 0 Å². The van der Waals surface area contributed by atoms with Crippen molar-refractivity contribution < 1.29 is 0 Å². The molecule has 2 aliphatic rings. The first-order valence-corrected chi connectivity index (χ1v) is 17.5. The van der Waals surface area contributed by atoms with Crippen LogP contribution in [0, 0.1) is 0 Å². The lowest BCUT2D eigenvalue weighted by Gasteiger charge is -2.28. The molecule has 9 aromatic rings. The molecule has 2 aliphatic carbocycles. The summed E-state index contributed by atoms with van der Waals surface area (Å²) < 4.78 is 2.61. The van der Waals surface area contributed by atoms with Crippen LogP contribution < -0.4 is 0 Å². The fourth-order valence-electron chi connectivity index (χ4n) is 10.1. The Morgan fingerprint density at radius 3 is 1.51 bits per heavy atom. The fourth-order valence-corrected chi connectivity index (χ4v) is 10.1. The van der Waals surface area contributed by atoms with E-state index in [4.69, 9.17) is 0 Å². The topological polar surface area (TPSA) is 4.93 Å². The maximum atomic E-state index is 2.61. The van der Waals surface area contributed by atoms with Crippen molar-refractivity contribution in [1.29, 1.82) is 0 Å². The van der Waals surface area contributed by atoms with Crippen LogP contribution in [-0.2, 0) is 10.8 Å². The molecule has 0 radical (unpaired) electrons. The summed E-state index contributed by atoms with van der Waals surface area (Å²) in [7, 11) is 0. The van der Waals surface area contributed by atoms with Crippen molar-refractivity contribution in [3.8, 4) is 27.9 Å². The third kappa shape index (κ3) is 3.22. The van der Waals surface area contributed by atoms with Crippen LogP contribution in [0.2, 0.25) is 0 Å². The summed E-state index contributed by atoms with van der Waals surface area (Å²) in [4.78, 5) is 0. The predicted molar refractivity (Wildman–Crippen MR) is 208 cm³/mol. The molecule has 232 valence electrons. The lowest BCUT2D eigenvalue weighted by Crippen LogP contribution is -2.19. The van der Waals surface area contributed by atoms with E-state index in [1.165, 1.54) is 104 Å². The summed E-state index contributed by atoms with van der Waals surface area (Å²) in [5, 5.41) is 10.5. The first-order chi connectivity index (χ1) is 23.9. The minimum atomic E-state index is -0.185. The van der Waals surface area contributed by atoms with E-state index in [0.717, 1.165) is 0 Å². The van der Waals surface area contributed by atoms with Crippen molar-refractivity contribution in [3.63, 3.8) is 0 Å². The molecule has 0 spiro atoms. The third-order valence-corrected chi connectivity index (χ3v) is 12.1. The summed E-state index contributed by atoms with van der Waals surface area (Å²) in [6, 6.07) is 52.4. The molecule has 1 heteroatoms. The molecule has 49 heavy (non-hydrogen) atoms. The number of benzene rings is 8. The summed E-state index contributed by atoms with van der Waals surface area (Å²) >= 11 is 0. The number of hydrogen-bond donors (Lipinski definition) is 0. The second-order valence-electron chi connectivity index (χ2n) is 15.2. The SMILES string of the molecule is CC1(C)c2ccccc2-c2c1c1c(c3c2c2ccccc2n3-c2ccc3c4ccccc4c4ccccc4c3c2)C(C)(C)c2ccccc2-1. The van der Waals surface area contributed by atoms with E-state index in [1.54, 1.807) is 0 Å². The highest BCUT2D eigenvalue weighted by atomic mass is 15.0. The van der Waals surface area contributed by atoms with Crippen molar-refractivity contribution in [1.82, 2.24) is 4.57 Å². The zero-order chi connectivity index (χ0) is 32.8. The first-order valence-electron chi connectivity index (χ1n) is 17.5. The highest BCUT2D eigenvalue weighted by Crippen LogP contribution is 2.63. The van der Waals surface area contributed by atoms with Crippen molar-refractivity contribution >= 4 is 54.1 Å². The Labute approximate surface area is 286 Å². The molecule has 1 aromatic heterocycles. The van der Waals surface area contributed by atoms with Gasteiger partial charge in [-0.2, -0.15) is 0 Å². The van der Waals surface area contributed by atoms with Gasteiger partial charge in [0.05, 0.1) is 11.0 Å². The van der Waals surface area contributed by atoms with E-state index in [2.05, 4.69) is 172 Å². The molecular formula is C48H35N. The molecule has 1 nitrogen and oxygen atoms in total. The second-order valence-corrected chi connectivity index (χ2v) is 15.2.